The lowest BCUT2D eigenvalue weighted by molar-refractivity contribution is 0.0600. The Morgan fingerprint density at radius 2 is 2.35 bits per heavy atom. The second kappa shape index (κ2) is 6.96. The number of tetrazole rings is 1. The number of nitrogens with zero attached hydrogens (tertiary/aromatic N) is 5. The van der Waals surface area contributed by atoms with Gasteiger partial charge in [0.2, 0.25) is 5.16 Å². The van der Waals surface area contributed by atoms with E-state index in [-0.39, 0.29) is 0 Å². The topological polar surface area (TPSA) is 109 Å². The third-order valence-electron chi connectivity index (χ3n) is 2.43. The number of nitrogens with two attached hydrogens (primary N) is 1. The Balaban J connectivity index is 1.97. The van der Waals surface area contributed by atoms with Crippen LogP contribution in [-0.2, 0) is 17.0 Å². The molecule has 0 radical (unpaired) electrons. The Bertz CT molecular complexity index is 571. The highest BCUT2D eigenvalue weighted by Crippen LogP contribution is 2.18. The Labute approximate surface area is 119 Å². The summed E-state index contributed by atoms with van der Waals surface area (Å²) in [5.41, 5.74) is 6.72. The zero-order valence-electron chi connectivity index (χ0n) is 10.9. The van der Waals surface area contributed by atoms with E-state index in [0.29, 0.717) is 29.6 Å². The summed E-state index contributed by atoms with van der Waals surface area (Å²) in [6.45, 7) is 1.05. The minimum Gasteiger partial charge on any atom is -0.465 e. The van der Waals surface area contributed by atoms with Crippen LogP contribution in [0.4, 0.5) is 0 Å². The van der Waals surface area contributed by atoms with Crippen LogP contribution in [0.15, 0.2) is 23.5 Å². The number of hydrogen-bond acceptors (Lipinski definition) is 8. The van der Waals surface area contributed by atoms with E-state index >= 15 is 0 Å². The second-order valence-electron chi connectivity index (χ2n) is 3.79. The Morgan fingerprint density at radius 3 is 3.00 bits per heavy atom. The molecule has 20 heavy (non-hydrogen) atoms. The fourth-order valence-corrected chi connectivity index (χ4v) is 2.27. The first kappa shape index (κ1) is 14.4. The van der Waals surface area contributed by atoms with Crippen molar-refractivity contribution in [3.05, 3.63) is 29.6 Å². The first-order chi connectivity index (χ1) is 9.74. The molecule has 2 heterocycles. The zero-order chi connectivity index (χ0) is 14.4. The number of carbonyl (C=O) groups excluding carboxylic acids is 1. The van der Waals surface area contributed by atoms with Gasteiger partial charge in [0, 0.05) is 18.5 Å². The van der Waals surface area contributed by atoms with Gasteiger partial charge in [-0.25, -0.2) is 9.48 Å². The van der Waals surface area contributed by atoms with Gasteiger partial charge in [0.15, 0.2) is 0 Å². The summed E-state index contributed by atoms with van der Waals surface area (Å²) in [6.07, 6.45) is 1.49. The van der Waals surface area contributed by atoms with Crippen molar-refractivity contribution < 1.29 is 9.53 Å². The van der Waals surface area contributed by atoms with Crippen LogP contribution in [0.25, 0.3) is 0 Å². The predicted molar refractivity (Wildman–Crippen MR) is 72.0 cm³/mol. The van der Waals surface area contributed by atoms with Gasteiger partial charge in [-0.2, -0.15) is 0 Å². The molecule has 0 bridgehead atoms. The van der Waals surface area contributed by atoms with E-state index in [2.05, 4.69) is 25.2 Å². The minimum atomic E-state index is -0.399. The number of aromatic nitrogens is 5. The molecule has 0 aliphatic heterocycles. The van der Waals surface area contributed by atoms with Gasteiger partial charge in [-0.3, -0.25) is 4.98 Å². The van der Waals surface area contributed by atoms with Gasteiger partial charge in [-0.15, -0.1) is 5.10 Å². The number of ether oxygens (including phenoxy) is 1. The number of pyridine rings is 1. The molecule has 0 aliphatic carbocycles. The van der Waals surface area contributed by atoms with E-state index in [1.165, 1.54) is 25.1 Å². The van der Waals surface area contributed by atoms with E-state index in [0.717, 1.165) is 5.69 Å². The molecule has 2 aromatic heterocycles. The lowest BCUT2D eigenvalue weighted by atomic mass is 10.2. The van der Waals surface area contributed by atoms with Gasteiger partial charge in [-0.05, 0) is 22.6 Å². The molecule has 0 amide bonds. The molecule has 0 saturated carbocycles. The number of thioether (sulfide) groups is 1. The molecule has 0 fully saturated rings. The highest BCUT2D eigenvalue weighted by molar-refractivity contribution is 7.98. The summed E-state index contributed by atoms with van der Waals surface area (Å²) in [7, 11) is 1.34. The van der Waals surface area contributed by atoms with Gasteiger partial charge in [0.05, 0.1) is 24.9 Å². The summed E-state index contributed by atoms with van der Waals surface area (Å²) in [6, 6.07) is 3.45. The average molecular weight is 294 g/mol. The van der Waals surface area contributed by atoms with Crippen LogP contribution in [0.5, 0.6) is 0 Å². The van der Waals surface area contributed by atoms with Gasteiger partial charge in [0.1, 0.15) is 0 Å². The SMILES string of the molecule is COC(=O)c1ccc(CSc2nnnn2CCN)nc1. The van der Waals surface area contributed by atoms with Gasteiger partial charge in [0.25, 0.3) is 0 Å². The van der Waals surface area contributed by atoms with Gasteiger partial charge in [-0.1, -0.05) is 11.8 Å². The number of methoxy groups -OCH3 is 1. The predicted octanol–water partition coefficient (Wildman–Crippen LogP) is 0.106. The van der Waals surface area contributed by atoms with Crippen molar-refractivity contribution in [2.75, 3.05) is 13.7 Å². The molecule has 0 atom stereocenters. The molecule has 2 rings (SSSR count). The molecule has 2 N–H and O–H groups in total. The lowest BCUT2D eigenvalue weighted by Gasteiger charge is -2.03. The molecule has 0 saturated heterocycles. The number of esters is 1. The molecule has 0 unspecified atom stereocenters. The molecular weight excluding hydrogens is 280 g/mol. The molecule has 2 aromatic rings. The Morgan fingerprint density at radius 1 is 1.50 bits per heavy atom. The summed E-state index contributed by atoms with van der Waals surface area (Å²) in [4.78, 5) is 15.5. The van der Waals surface area contributed by atoms with Crippen molar-refractivity contribution in [2.24, 2.45) is 5.73 Å². The molecule has 8 nitrogen and oxygen atoms in total. The normalized spacial score (nSPS) is 10.5. The van der Waals surface area contributed by atoms with Crippen molar-refractivity contribution in [3.63, 3.8) is 0 Å². The summed E-state index contributed by atoms with van der Waals surface area (Å²) < 4.78 is 6.26. The largest absolute Gasteiger partial charge is 0.465 e. The van der Waals surface area contributed by atoms with Crippen molar-refractivity contribution in [1.29, 1.82) is 0 Å². The third-order valence-corrected chi connectivity index (χ3v) is 3.43. The molecule has 0 aromatic carbocycles. The van der Waals surface area contributed by atoms with Crippen LogP contribution in [0.2, 0.25) is 0 Å². The molecule has 0 aliphatic rings. The summed E-state index contributed by atoms with van der Waals surface area (Å²) in [5.74, 6) is 0.204. The smallest absolute Gasteiger partial charge is 0.339 e. The maximum Gasteiger partial charge on any atom is 0.339 e. The maximum atomic E-state index is 11.3. The summed E-state index contributed by atoms with van der Waals surface area (Å²) in [5, 5.41) is 12.1. The Kier molecular flexibility index (Phi) is 5.02. The highest BCUT2D eigenvalue weighted by Gasteiger charge is 2.08. The van der Waals surface area contributed by atoms with Crippen molar-refractivity contribution in [1.82, 2.24) is 25.2 Å². The minimum absolute atomic E-state index is 0.399. The van der Waals surface area contributed by atoms with E-state index in [4.69, 9.17) is 5.73 Å². The van der Waals surface area contributed by atoms with Crippen molar-refractivity contribution in [2.45, 2.75) is 17.5 Å². The summed E-state index contributed by atoms with van der Waals surface area (Å²) >= 11 is 1.46. The molecule has 0 spiro atoms. The molecular formula is C11H14N6O2S. The van der Waals surface area contributed by atoms with Crippen LogP contribution in [0.1, 0.15) is 16.1 Å². The first-order valence-corrected chi connectivity index (χ1v) is 6.85. The monoisotopic (exact) mass is 294 g/mol. The number of hydrogen-bond donors (Lipinski definition) is 1. The zero-order valence-corrected chi connectivity index (χ0v) is 11.7. The second-order valence-corrected chi connectivity index (χ2v) is 4.73. The van der Waals surface area contributed by atoms with Crippen LogP contribution < -0.4 is 5.73 Å². The van der Waals surface area contributed by atoms with Crippen LogP contribution in [0.3, 0.4) is 0 Å². The standard InChI is InChI=1S/C11H14N6O2S/c1-19-10(18)8-2-3-9(13-6-8)7-20-11-14-15-16-17(11)5-4-12/h2-3,6H,4-5,7,12H2,1H3. The van der Waals surface area contributed by atoms with E-state index in [9.17, 15) is 4.79 Å². The quantitative estimate of drug-likeness (QED) is 0.590. The van der Waals surface area contributed by atoms with Crippen LogP contribution in [0, 0.1) is 0 Å². The Hall–Kier alpha value is -2.00. The molecule has 9 heteroatoms. The van der Waals surface area contributed by atoms with E-state index in [1.807, 2.05) is 0 Å². The van der Waals surface area contributed by atoms with E-state index < -0.39 is 5.97 Å². The third kappa shape index (κ3) is 3.52. The van der Waals surface area contributed by atoms with Crippen LogP contribution in [-0.4, -0.2) is 44.8 Å². The number of carbonyl (C=O) groups is 1. The fraction of sp³-hybridized carbons (Fsp3) is 0.364. The van der Waals surface area contributed by atoms with Gasteiger partial charge < -0.3 is 10.5 Å². The van der Waals surface area contributed by atoms with Crippen molar-refractivity contribution in [3.8, 4) is 0 Å². The van der Waals surface area contributed by atoms with E-state index in [1.54, 1.807) is 16.8 Å². The number of rotatable bonds is 6. The van der Waals surface area contributed by atoms with Crippen molar-refractivity contribution >= 4 is 17.7 Å². The van der Waals surface area contributed by atoms with Gasteiger partial charge >= 0.3 is 5.97 Å². The average Bonchev–Trinajstić information content (AvgIpc) is 2.92. The highest BCUT2D eigenvalue weighted by atomic mass is 32.2. The van der Waals surface area contributed by atoms with Crippen LogP contribution >= 0.6 is 11.8 Å². The first-order valence-electron chi connectivity index (χ1n) is 5.87. The molecule has 106 valence electrons. The lowest BCUT2D eigenvalue weighted by Crippen LogP contribution is -2.12. The maximum absolute atomic E-state index is 11.3. The fourth-order valence-electron chi connectivity index (χ4n) is 1.45.